The number of methoxy groups -OCH3 is 2. The number of fused-ring (bicyclic) bond motifs is 1. The minimum atomic E-state index is -0.321. The van der Waals surface area contributed by atoms with E-state index < -0.39 is 0 Å². The highest BCUT2D eigenvalue weighted by Gasteiger charge is 2.33. The van der Waals surface area contributed by atoms with E-state index >= 15 is 0 Å². The van der Waals surface area contributed by atoms with Crippen LogP contribution in [0.5, 0.6) is 11.5 Å². The maximum Gasteiger partial charge on any atom is 0.350 e. The summed E-state index contributed by atoms with van der Waals surface area (Å²) in [4.78, 5) is 27.3. The van der Waals surface area contributed by atoms with Crippen LogP contribution in [0, 0.1) is 0 Å². The molecule has 1 aliphatic carbocycles. The SMILES string of the molecule is COc1ccc(OC)c(CN(C(=O)Cn2nc3ccccn3c2=O)C2CC2)c1. The summed E-state index contributed by atoms with van der Waals surface area (Å²) in [6.45, 7) is 0.301. The lowest BCUT2D eigenvalue weighted by Gasteiger charge is -2.23. The Hall–Kier alpha value is -3.29. The van der Waals surface area contributed by atoms with Gasteiger partial charge in [-0.25, -0.2) is 9.48 Å². The summed E-state index contributed by atoms with van der Waals surface area (Å²) in [6, 6.07) is 11.0. The van der Waals surface area contributed by atoms with E-state index in [9.17, 15) is 9.59 Å². The predicted molar refractivity (Wildman–Crippen MR) is 103 cm³/mol. The fourth-order valence-corrected chi connectivity index (χ4v) is 3.29. The first-order valence-electron chi connectivity index (χ1n) is 9.15. The molecule has 1 amide bonds. The van der Waals surface area contributed by atoms with Gasteiger partial charge in [0.25, 0.3) is 0 Å². The quantitative estimate of drug-likeness (QED) is 0.622. The minimum Gasteiger partial charge on any atom is -0.497 e. The summed E-state index contributed by atoms with van der Waals surface area (Å²) in [5.41, 5.74) is 1.07. The zero-order chi connectivity index (χ0) is 19.7. The van der Waals surface area contributed by atoms with Crippen molar-refractivity contribution in [3.8, 4) is 11.5 Å². The lowest BCUT2D eigenvalue weighted by Crippen LogP contribution is -2.38. The van der Waals surface area contributed by atoms with Gasteiger partial charge < -0.3 is 14.4 Å². The molecule has 0 aliphatic heterocycles. The van der Waals surface area contributed by atoms with E-state index in [4.69, 9.17) is 9.47 Å². The summed E-state index contributed by atoms with van der Waals surface area (Å²) in [5, 5.41) is 4.26. The third-order valence-corrected chi connectivity index (χ3v) is 4.91. The van der Waals surface area contributed by atoms with Gasteiger partial charge in [-0.15, -0.1) is 5.10 Å². The standard InChI is InChI=1S/C20H22N4O4/c1-27-16-8-9-17(28-2)14(11-16)12-23(15-6-7-15)19(25)13-24-20(26)22-10-4-3-5-18(22)21-24/h3-5,8-11,15H,6-7,12-13H2,1-2H3. The molecule has 2 aromatic heterocycles. The summed E-state index contributed by atoms with van der Waals surface area (Å²) in [5.74, 6) is 1.26. The topological polar surface area (TPSA) is 78.1 Å². The van der Waals surface area contributed by atoms with Gasteiger partial charge in [0.1, 0.15) is 18.0 Å². The molecule has 8 nitrogen and oxygen atoms in total. The van der Waals surface area contributed by atoms with Gasteiger partial charge in [0, 0.05) is 24.3 Å². The number of carbonyl (C=O) groups is 1. The van der Waals surface area contributed by atoms with E-state index in [0.29, 0.717) is 23.7 Å². The molecule has 0 spiro atoms. The minimum absolute atomic E-state index is 0.0940. The number of pyridine rings is 1. The fourth-order valence-electron chi connectivity index (χ4n) is 3.29. The molecule has 0 radical (unpaired) electrons. The Bertz CT molecular complexity index is 1070. The summed E-state index contributed by atoms with van der Waals surface area (Å²) in [7, 11) is 3.20. The number of rotatable bonds is 7. The lowest BCUT2D eigenvalue weighted by molar-refractivity contribution is -0.133. The Morgan fingerprint density at radius 2 is 2.04 bits per heavy atom. The van der Waals surface area contributed by atoms with Gasteiger partial charge in [-0.2, -0.15) is 0 Å². The highest BCUT2D eigenvalue weighted by molar-refractivity contribution is 5.76. The second kappa shape index (κ2) is 7.38. The van der Waals surface area contributed by atoms with Crippen molar-refractivity contribution in [2.24, 2.45) is 0 Å². The van der Waals surface area contributed by atoms with E-state index in [2.05, 4.69) is 5.10 Å². The molecular weight excluding hydrogens is 360 g/mol. The van der Waals surface area contributed by atoms with Gasteiger partial charge in [0.2, 0.25) is 5.91 Å². The number of aromatic nitrogens is 3. The molecule has 8 heteroatoms. The first-order chi connectivity index (χ1) is 13.6. The Balaban J connectivity index is 1.59. The summed E-state index contributed by atoms with van der Waals surface area (Å²) >= 11 is 0. The maximum atomic E-state index is 13.0. The average molecular weight is 382 g/mol. The van der Waals surface area contributed by atoms with Crippen LogP contribution in [-0.2, 0) is 17.9 Å². The van der Waals surface area contributed by atoms with Crippen molar-refractivity contribution >= 4 is 11.6 Å². The first-order valence-corrected chi connectivity index (χ1v) is 9.15. The molecule has 3 aromatic rings. The van der Waals surface area contributed by atoms with Crippen LogP contribution in [0.15, 0.2) is 47.4 Å². The van der Waals surface area contributed by atoms with Crippen molar-refractivity contribution in [2.45, 2.75) is 32.0 Å². The number of nitrogens with zero attached hydrogens (tertiary/aromatic N) is 4. The fraction of sp³-hybridized carbons (Fsp3) is 0.350. The van der Waals surface area contributed by atoms with E-state index in [0.717, 1.165) is 18.4 Å². The Morgan fingerprint density at radius 3 is 2.71 bits per heavy atom. The largest absolute Gasteiger partial charge is 0.497 e. The van der Waals surface area contributed by atoms with Gasteiger partial charge in [-0.05, 0) is 43.2 Å². The highest BCUT2D eigenvalue weighted by atomic mass is 16.5. The normalized spacial score (nSPS) is 13.5. The van der Waals surface area contributed by atoms with Crippen LogP contribution in [0.3, 0.4) is 0 Å². The Labute approximate surface area is 161 Å². The third-order valence-electron chi connectivity index (χ3n) is 4.91. The van der Waals surface area contributed by atoms with E-state index in [1.54, 1.807) is 43.5 Å². The zero-order valence-corrected chi connectivity index (χ0v) is 15.9. The van der Waals surface area contributed by atoms with Crippen LogP contribution in [0.25, 0.3) is 5.65 Å². The van der Waals surface area contributed by atoms with E-state index in [1.165, 1.54) is 9.08 Å². The van der Waals surface area contributed by atoms with E-state index in [1.807, 2.05) is 18.2 Å². The molecule has 1 fully saturated rings. The summed E-state index contributed by atoms with van der Waals surface area (Å²) in [6.07, 6.45) is 3.56. The van der Waals surface area contributed by atoms with Crippen molar-refractivity contribution in [3.63, 3.8) is 0 Å². The van der Waals surface area contributed by atoms with Crippen LogP contribution >= 0.6 is 0 Å². The second-order valence-electron chi connectivity index (χ2n) is 6.80. The molecule has 28 heavy (non-hydrogen) atoms. The molecule has 2 heterocycles. The zero-order valence-electron chi connectivity index (χ0n) is 15.9. The van der Waals surface area contributed by atoms with Crippen LogP contribution < -0.4 is 15.2 Å². The Kier molecular flexibility index (Phi) is 4.77. The van der Waals surface area contributed by atoms with Crippen LogP contribution in [0.1, 0.15) is 18.4 Å². The van der Waals surface area contributed by atoms with Crippen molar-refractivity contribution in [2.75, 3.05) is 14.2 Å². The molecule has 1 saturated carbocycles. The molecule has 0 unspecified atom stereocenters. The van der Waals surface area contributed by atoms with Crippen LogP contribution in [-0.4, -0.2) is 45.2 Å². The number of hydrogen-bond donors (Lipinski definition) is 0. The van der Waals surface area contributed by atoms with Gasteiger partial charge in [-0.3, -0.25) is 9.20 Å². The van der Waals surface area contributed by atoms with Crippen LogP contribution in [0.2, 0.25) is 0 Å². The Morgan fingerprint density at radius 1 is 1.21 bits per heavy atom. The predicted octanol–water partition coefficient (Wildman–Crippen LogP) is 1.70. The molecule has 0 saturated heterocycles. The molecule has 0 N–H and O–H groups in total. The van der Waals surface area contributed by atoms with Crippen molar-refractivity contribution in [3.05, 3.63) is 58.6 Å². The molecule has 0 bridgehead atoms. The molecular formula is C20H22N4O4. The number of benzene rings is 1. The first kappa shape index (κ1) is 18.1. The lowest BCUT2D eigenvalue weighted by atomic mass is 10.1. The van der Waals surface area contributed by atoms with Gasteiger partial charge in [0.05, 0.1) is 14.2 Å². The highest BCUT2D eigenvalue weighted by Crippen LogP contribution is 2.32. The molecule has 1 aromatic carbocycles. The molecule has 4 rings (SSSR count). The van der Waals surface area contributed by atoms with Crippen molar-refractivity contribution < 1.29 is 14.3 Å². The van der Waals surface area contributed by atoms with E-state index in [-0.39, 0.29) is 24.2 Å². The smallest absolute Gasteiger partial charge is 0.350 e. The number of ether oxygens (including phenoxy) is 2. The van der Waals surface area contributed by atoms with Crippen molar-refractivity contribution in [1.82, 2.24) is 19.1 Å². The maximum absolute atomic E-state index is 13.0. The molecule has 0 atom stereocenters. The van der Waals surface area contributed by atoms with Gasteiger partial charge >= 0.3 is 5.69 Å². The van der Waals surface area contributed by atoms with Crippen molar-refractivity contribution in [1.29, 1.82) is 0 Å². The number of carbonyl (C=O) groups excluding carboxylic acids is 1. The number of amides is 1. The molecule has 1 aliphatic rings. The van der Waals surface area contributed by atoms with Gasteiger partial charge in [-0.1, -0.05) is 6.07 Å². The van der Waals surface area contributed by atoms with Crippen LogP contribution in [0.4, 0.5) is 0 Å². The number of hydrogen-bond acceptors (Lipinski definition) is 5. The monoisotopic (exact) mass is 382 g/mol. The molecule has 146 valence electrons. The average Bonchev–Trinajstić information content (AvgIpc) is 3.51. The summed E-state index contributed by atoms with van der Waals surface area (Å²) < 4.78 is 13.4. The second-order valence-corrected chi connectivity index (χ2v) is 6.80. The third kappa shape index (κ3) is 3.45. The van der Waals surface area contributed by atoms with Gasteiger partial charge in [0.15, 0.2) is 5.65 Å².